The molecule has 4 rings (SSSR count). The van der Waals surface area contributed by atoms with Crippen LogP contribution in [-0.2, 0) is 15.7 Å². The van der Waals surface area contributed by atoms with Crippen LogP contribution in [0.2, 0.25) is 5.02 Å². The molecule has 2 heterocycles. The Morgan fingerprint density at radius 2 is 1.74 bits per heavy atom. The Labute approximate surface area is 165 Å². The predicted octanol–water partition coefficient (Wildman–Crippen LogP) is 4.75. The summed E-state index contributed by atoms with van der Waals surface area (Å²) in [7, 11) is -0.728. The van der Waals surface area contributed by atoms with Crippen LogP contribution >= 0.6 is 11.6 Å². The molecule has 0 saturated carbocycles. The predicted molar refractivity (Wildman–Crippen MR) is 106 cm³/mol. The van der Waals surface area contributed by atoms with E-state index in [2.05, 4.69) is 18.2 Å². The fourth-order valence-corrected chi connectivity index (χ4v) is 4.18. The maximum Gasteiger partial charge on any atom is 0.496 e. The molecule has 0 radical (unpaired) electrons. The Morgan fingerprint density at radius 3 is 2.33 bits per heavy atom. The maximum atomic E-state index is 14.6. The van der Waals surface area contributed by atoms with Gasteiger partial charge in [-0.3, -0.25) is 0 Å². The third-order valence-electron chi connectivity index (χ3n) is 6.27. The molecule has 0 spiro atoms. The van der Waals surface area contributed by atoms with Gasteiger partial charge in [0.25, 0.3) is 0 Å². The van der Waals surface area contributed by atoms with E-state index < -0.39 is 29.7 Å². The van der Waals surface area contributed by atoms with Crippen molar-refractivity contribution in [3.8, 4) is 5.75 Å². The third kappa shape index (κ3) is 2.95. The monoisotopic (exact) mass is 390 g/mol. The number of halogens is 2. The van der Waals surface area contributed by atoms with E-state index in [1.165, 1.54) is 6.07 Å². The highest BCUT2D eigenvalue weighted by Crippen LogP contribution is 2.44. The first-order valence-electron chi connectivity index (χ1n) is 9.47. The molecule has 0 amide bonds. The second kappa shape index (κ2) is 6.10. The molecular formula is C21H25BClFO3. The molecular weight excluding hydrogens is 365 g/mol. The summed E-state index contributed by atoms with van der Waals surface area (Å²) >= 11 is 6.40. The highest BCUT2D eigenvalue weighted by atomic mass is 35.5. The average molecular weight is 391 g/mol. The van der Waals surface area contributed by atoms with E-state index in [-0.39, 0.29) is 5.02 Å². The highest BCUT2D eigenvalue weighted by molar-refractivity contribution is 6.66. The molecule has 0 unspecified atom stereocenters. The summed E-state index contributed by atoms with van der Waals surface area (Å²) in [6, 6.07) is 1.38. The fraction of sp³-hybridized carbons (Fsp3) is 0.524. The quantitative estimate of drug-likeness (QED) is 0.682. The van der Waals surface area contributed by atoms with Crippen LogP contribution in [0.15, 0.2) is 29.9 Å². The minimum absolute atomic E-state index is 0.0493. The first-order valence-corrected chi connectivity index (χ1v) is 9.84. The van der Waals surface area contributed by atoms with Crippen molar-refractivity contribution in [1.82, 2.24) is 0 Å². The lowest BCUT2D eigenvalue weighted by molar-refractivity contribution is 0.00578. The standard InChI is InChI=1S/C21H25BClFO3/c1-19(2)20(3,4)27-22(26-19)17-14-12-21(5,13-9-7-6-8-10-13)25-16(14)11-15(24)18(17)23/h7,9-11H,6,8,12H2,1-5H3/t21-/m0/s1. The second-order valence-electron chi connectivity index (χ2n) is 8.80. The van der Waals surface area contributed by atoms with Gasteiger partial charge in [0.2, 0.25) is 0 Å². The molecule has 1 aromatic rings. The van der Waals surface area contributed by atoms with Crippen molar-refractivity contribution >= 4 is 24.2 Å². The molecule has 1 saturated heterocycles. The molecule has 0 N–H and O–H groups in total. The van der Waals surface area contributed by atoms with E-state index >= 15 is 0 Å². The van der Waals surface area contributed by atoms with Gasteiger partial charge >= 0.3 is 7.12 Å². The Balaban J connectivity index is 1.77. The number of allylic oxidation sites excluding steroid dienone is 2. The van der Waals surface area contributed by atoms with Gasteiger partial charge < -0.3 is 14.0 Å². The van der Waals surface area contributed by atoms with Crippen LogP contribution in [0.5, 0.6) is 5.75 Å². The molecule has 0 aromatic heterocycles. The van der Waals surface area contributed by atoms with E-state index in [0.717, 1.165) is 24.0 Å². The molecule has 1 atom stereocenters. The Kier molecular flexibility index (Phi) is 4.30. The van der Waals surface area contributed by atoms with Crippen molar-refractivity contribution in [3.05, 3.63) is 46.3 Å². The largest absolute Gasteiger partial charge is 0.496 e. The summed E-state index contributed by atoms with van der Waals surface area (Å²) in [5.41, 5.74) is 0.919. The van der Waals surface area contributed by atoms with Crippen molar-refractivity contribution in [3.63, 3.8) is 0 Å². The zero-order valence-corrected chi connectivity index (χ0v) is 17.2. The Morgan fingerprint density at radius 1 is 1.07 bits per heavy atom. The van der Waals surface area contributed by atoms with Gasteiger partial charge in [-0.2, -0.15) is 0 Å². The van der Waals surface area contributed by atoms with Crippen LogP contribution < -0.4 is 10.2 Å². The Bertz CT molecular complexity index is 845. The number of benzene rings is 1. The van der Waals surface area contributed by atoms with Crippen molar-refractivity contribution < 1.29 is 18.4 Å². The van der Waals surface area contributed by atoms with E-state index in [9.17, 15) is 4.39 Å². The van der Waals surface area contributed by atoms with Crippen LogP contribution in [0.25, 0.3) is 0 Å². The van der Waals surface area contributed by atoms with E-state index in [0.29, 0.717) is 17.6 Å². The molecule has 1 aliphatic carbocycles. The van der Waals surface area contributed by atoms with Crippen LogP contribution in [0, 0.1) is 5.82 Å². The molecule has 6 heteroatoms. The normalized spacial score (nSPS) is 28.1. The molecule has 2 aliphatic heterocycles. The first-order chi connectivity index (χ1) is 12.5. The smallest absolute Gasteiger partial charge is 0.482 e. The first kappa shape index (κ1) is 19.0. The number of hydrogen-bond donors (Lipinski definition) is 0. The third-order valence-corrected chi connectivity index (χ3v) is 6.65. The van der Waals surface area contributed by atoms with E-state index in [1.54, 1.807) is 0 Å². The van der Waals surface area contributed by atoms with Crippen molar-refractivity contribution in [2.75, 3.05) is 0 Å². The van der Waals surface area contributed by atoms with Crippen molar-refractivity contribution in [1.29, 1.82) is 0 Å². The topological polar surface area (TPSA) is 27.7 Å². The van der Waals surface area contributed by atoms with Gasteiger partial charge in [0.15, 0.2) is 0 Å². The summed E-state index contributed by atoms with van der Waals surface area (Å²) in [6.07, 6.45) is 9.06. The average Bonchev–Trinajstić information content (AvgIpc) is 3.02. The lowest BCUT2D eigenvalue weighted by Crippen LogP contribution is -2.41. The summed E-state index contributed by atoms with van der Waals surface area (Å²) < 4.78 is 33.2. The van der Waals surface area contributed by atoms with Crippen LogP contribution in [0.3, 0.4) is 0 Å². The molecule has 3 aliphatic rings. The number of hydrogen-bond acceptors (Lipinski definition) is 3. The second-order valence-corrected chi connectivity index (χ2v) is 9.18. The van der Waals surface area contributed by atoms with Gasteiger partial charge in [-0.25, -0.2) is 4.39 Å². The minimum Gasteiger partial charge on any atom is -0.482 e. The SMILES string of the molecule is CC1(C)OB(c2c(Cl)c(F)cc3c2C[C@@](C)(C2=CCCC=C2)O3)OC1(C)C. The van der Waals surface area contributed by atoms with Gasteiger partial charge in [-0.05, 0) is 58.6 Å². The van der Waals surface area contributed by atoms with Gasteiger partial charge in [0.05, 0.1) is 16.2 Å². The van der Waals surface area contributed by atoms with Crippen LogP contribution in [-0.4, -0.2) is 23.9 Å². The summed E-state index contributed by atoms with van der Waals surface area (Å²) in [5, 5.41) is 0.0493. The molecule has 144 valence electrons. The van der Waals surface area contributed by atoms with E-state index in [4.69, 9.17) is 25.6 Å². The van der Waals surface area contributed by atoms with E-state index in [1.807, 2.05) is 34.6 Å². The molecule has 27 heavy (non-hydrogen) atoms. The lowest BCUT2D eigenvalue weighted by atomic mass is 9.73. The zero-order chi connectivity index (χ0) is 19.6. The number of ether oxygens (including phenoxy) is 1. The van der Waals surface area contributed by atoms with Gasteiger partial charge in [0.1, 0.15) is 17.2 Å². The molecule has 0 bridgehead atoms. The molecule has 1 aromatic carbocycles. The number of fused-ring (bicyclic) bond motifs is 1. The number of rotatable bonds is 2. The van der Waals surface area contributed by atoms with Crippen molar-refractivity contribution in [2.24, 2.45) is 0 Å². The molecule has 3 nitrogen and oxygen atoms in total. The maximum absolute atomic E-state index is 14.6. The van der Waals surface area contributed by atoms with Gasteiger partial charge in [-0.15, -0.1) is 0 Å². The fourth-order valence-electron chi connectivity index (χ4n) is 3.92. The van der Waals surface area contributed by atoms with Gasteiger partial charge in [-0.1, -0.05) is 29.8 Å². The lowest BCUT2D eigenvalue weighted by Gasteiger charge is -2.32. The minimum atomic E-state index is -0.728. The molecule has 1 fully saturated rings. The van der Waals surface area contributed by atoms with Gasteiger partial charge in [0, 0.05) is 17.9 Å². The van der Waals surface area contributed by atoms with Crippen LogP contribution in [0.1, 0.15) is 53.0 Å². The Hall–Kier alpha value is -1.30. The summed E-state index contributed by atoms with van der Waals surface area (Å²) in [5.74, 6) is 0.00142. The highest BCUT2D eigenvalue weighted by Gasteiger charge is 2.54. The van der Waals surface area contributed by atoms with Crippen LogP contribution in [0.4, 0.5) is 4.39 Å². The zero-order valence-electron chi connectivity index (χ0n) is 16.5. The summed E-state index contributed by atoms with van der Waals surface area (Å²) in [6.45, 7) is 9.92. The van der Waals surface area contributed by atoms with Crippen molar-refractivity contribution in [2.45, 2.75) is 70.7 Å². The summed E-state index contributed by atoms with van der Waals surface area (Å²) in [4.78, 5) is 0.